The number of aliphatic hydroxyl groups excluding tert-OH is 2. The van der Waals surface area contributed by atoms with Crippen LogP contribution in [0.25, 0.3) is 0 Å². The first-order valence-corrected chi connectivity index (χ1v) is 6.37. The SMILES string of the molecule is CC(C)(CCO)NCC(O)CN1CCOCC1. The number of aliphatic hydroxyl groups is 2. The van der Waals surface area contributed by atoms with Crippen LogP contribution in [0.4, 0.5) is 0 Å². The Morgan fingerprint density at radius 3 is 2.59 bits per heavy atom. The van der Waals surface area contributed by atoms with E-state index in [1.165, 1.54) is 0 Å². The highest BCUT2D eigenvalue weighted by Gasteiger charge is 2.19. The molecule has 102 valence electrons. The van der Waals surface area contributed by atoms with Crippen LogP contribution in [0.2, 0.25) is 0 Å². The third kappa shape index (κ3) is 6.33. The fourth-order valence-electron chi connectivity index (χ4n) is 1.91. The van der Waals surface area contributed by atoms with Gasteiger partial charge in [0.1, 0.15) is 0 Å². The van der Waals surface area contributed by atoms with E-state index in [-0.39, 0.29) is 18.2 Å². The number of ether oxygens (including phenoxy) is 1. The molecule has 1 heterocycles. The molecule has 0 aromatic heterocycles. The van der Waals surface area contributed by atoms with E-state index >= 15 is 0 Å². The van der Waals surface area contributed by atoms with Gasteiger partial charge >= 0.3 is 0 Å². The Balaban J connectivity index is 2.17. The topological polar surface area (TPSA) is 65.0 Å². The predicted molar refractivity (Wildman–Crippen MR) is 67.1 cm³/mol. The molecular formula is C12H26N2O3. The van der Waals surface area contributed by atoms with Crippen LogP contribution >= 0.6 is 0 Å². The van der Waals surface area contributed by atoms with E-state index in [0.29, 0.717) is 19.5 Å². The van der Waals surface area contributed by atoms with Gasteiger partial charge in [-0.25, -0.2) is 0 Å². The molecule has 0 saturated carbocycles. The predicted octanol–water partition coefficient (Wildman–Crippen LogP) is -0.570. The number of nitrogens with zero attached hydrogens (tertiary/aromatic N) is 1. The van der Waals surface area contributed by atoms with Crippen molar-refractivity contribution in [1.82, 2.24) is 10.2 Å². The molecule has 0 aromatic carbocycles. The summed E-state index contributed by atoms with van der Waals surface area (Å²) in [5.41, 5.74) is -0.124. The number of hydrogen-bond donors (Lipinski definition) is 3. The van der Waals surface area contributed by atoms with Gasteiger partial charge in [0.25, 0.3) is 0 Å². The van der Waals surface area contributed by atoms with Crippen molar-refractivity contribution in [3.8, 4) is 0 Å². The van der Waals surface area contributed by atoms with Gasteiger partial charge in [-0.2, -0.15) is 0 Å². The Hall–Kier alpha value is -0.200. The zero-order valence-electron chi connectivity index (χ0n) is 11.0. The molecule has 3 N–H and O–H groups in total. The lowest BCUT2D eigenvalue weighted by molar-refractivity contribution is 0.0135. The van der Waals surface area contributed by atoms with Crippen molar-refractivity contribution in [3.63, 3.8) is 0 Å². The monoisotopic (exact) mass is 246 g/mol. The van der Waals surface area contributed by atoms with E-state index in [1.54, 1.807) is 0 Å². The van der Waals surface area contributed by atoms with Gasteiger partial charge in [-0.3, -0.25) is 4.90 Å². The molecule has 17 heavy (non-hydrogen) atoms. The maximum atomic E-state index is 9.93. The minimum absolute atomic E-state index is 0.124. The third-order valence-corrected chi connectivity index (χ3v) is 3.13. The molecule has 0 spiro atoms. The minimum atomic E-state index is -0.369. The number of β-amino-alcohol motifs (C(OH)–C–C–N with tert-alkyl or cyclic N) is 1. The highest BCUT2D eigenvalue weighted by Crippen LogP contribution is 2.07. The van der Waals surface area contributed by atoms with Crippen LogP contribution in [0.3, 0.4) is 0 Å². The molecule has 0 bridgehead atoms. The average Bonchev–Trinajstić information content (AvgIpc) is 2.28. The van der Waals surface area contributed by atoms with E-state index in [9.17, 15) is 5.11 Å². The summed E-state index contributed by atoms with van der Waals surface area (Å²) in [5, 5.41) is 22.1. The molecule has 1 saturated heterocycles. The number of morpholine rings is 1. The van der Waals surface area contributed by atoms with Crippen molar-refractivity contribution in [2.24, 2.45) is 0 Å². The van der Waals surface area contributed by atoms with Crippen LogP contribution in [-0.4, -0.2) is 72.8 Å². The smallest absolute Gasteiger partial charge is 0.0791 e. The van der Waals surface area contributed by atoms with Crippen molar-refractivity contribution in [2.45, 2.75) is 31.9 Å². The molecule has 1 rings (SSSR count). The van der Waals surface area contributed by atoms with Crippen LogP contribution in [0.5, 0.6) is 0 Å². The lowest BCUT2D eigenvalue weighted by Gasteiger charge is -2.31. The lowest BCUT2D eigenvalue weighted by Crippen LogP contribution is -2.48. The summed E-state index contributed by atoms with van der Waals surface area (Å²) in [7, 11) is 0. The Kier molecular flexibility index (Phi) is 6.37. The summed E-state index contributed by atoms with van der Waals surface area (Å²) in [6.45, 7) is 8.80. The van der Waals surface area contributed by atoms with Gasteiger partial charge in [-0.1, -0.05) is 0 Å². The summed E-state index contributed by atoms with van der Waals surface area (Å²) in [6.07, 6.45) is 0.322. The van der Waals surface area contributed by atoms with Crippen molar-refractivity contribution in [3.05, 3.63) is 0 Å². The van der Waals surface area contributed by atoms with E-state index in [4.69, 9.17) is 9.84 Å². The van der Waals surface area contributed by atoms with Crippen molar-refractivity contribution in [1.29, 1.82) is 0 Å². The van der Waals surface area contributed by atoms with Gasteiger partial charge in [0.15, 0.2) is 0 Å². The maximum Gasteiger partial charge on any atom is 0.0791 e. The Morgan fingerprint density at radius 2 is 2.00 bits per heavy atom. The maximum absolute atomic E-state index is 9.93. The highest BCUT2D eigenvalue weighted by molar-refractivity contribution is 4.79. The standard InChI is InChI=1S/C12H26N2O3/c1-12(2,3-6-15)13-9-11(16)10-14-4-7-17-8-5-14/h11,13,15-16H,3-10H2,1-2H3. The Labute approximate surface area is 104 Å². The van der Waals surface area contributed by atoms with Gasteiger partial charge in [-0.05, 0) is 20.3 Å². The molecule has 1 aliphatic heterocycles. The average molecular weight is 246 g/mol. The van der Waals surface area contributed by atoms with Gasteiger partial charge in [-0.15, -0.1) is 0 Å². The zero-order chi connectivity index (χ0) is 12.7. The van der Waals surface area contributed by atoms with Crippen LogP contribution in [-0.2, 0) is 4.74 Å². The summed E-state index contributed by atoms with van der Waals surface area (Å²) in [5.74, 6) is 0. The minimum Gasteiger partial charge on any atom is -0.396 e. The number of nitrogens with one attached hydrogen (secondary N) is 1. The van der Waals surface area contributed by atoms with E-state index < -0.39 is 0 Å². The third-order valence-electron chi connectivity index (χ3n) is 3.13. The second-order valence-corrected chi connectivity index (χ2v) is 5.31. The zero-order valence-corrected chi connectivity index (χ0v) is 11.0. The number of hydrogen-bond acceptors (Lipinski definition) is 5. The molecular weight excluding hydrogens is 220 g/mol. The van der Waals surface area contributed by atoms with E-state index in [2.05, 4.69) is 10.2 Å². The molecule has 5 nitrogen and oxygen atoms in total. The number of rotatable bonds is 7. The first-order chi connectivity index (χ1) is 8.03. The Morgan fingerprint density at radius 1 is 1.35 bits per heavy atom. The van der Waals surface area contributed by atoms with Crippen LogP contribution < -0.4 is 5.32 Å². The molecule has 1 atom stereocenters. The fourth-order valence-corrected chi connectivity index (χ4v) is 1.91. The first kappa shape index (κ1) is 14.9. The molecule has 0 radical (unpaired) electrons. The molecule has 1 aliphatic rings. The van der Waals surface area contributed by atoms with Crippen molar-refractivity contribution >= 4 is 0 Å². The van der Waals surface area contributed by atoms with Crippen LogP contribution in [0.1, 0.15) is 20.3 Å². The van der Waals surface area contributed by atoms with Crippen molar-refractivity contribution in [2.75, 3.05) is 46.0 Å². The summed E-state index contributed by atoms with van der Waals surface area (Å²) < 4.78 is 5.26. The van der Waals surface area contributed by atoms with Crippen LogP contribution in [0, 0.1) is 0 Å². The second kappa shape index (κ2) is 7.28. The van der Waals surface area contributed by atoms with Gasteiger partial charge in [0, 0.05) is 38.3 Å². The largest absolute Gasteiger partial charge is 0.396 e. The normalized spacial score (nSPS) is 20.5. The fraction of sp³-hybridized carbons (Fsp3) is 1.00. The molecule has 0 aromatic rings. The summed E-state index contributed by atoms with van der Waals surface area (Å²) in [6, 6.07) is 0. The second-order valence-electron chi connectivity index (χ2n) is 5.31. The lowest BCUT2D eigenvalue weighted by atomic mass is 10.0. The quantitative estimate of drug-likeness (QED) is 0.561. The van der Waals surface area contributed by atoms with Gasteiger partial charge in [0.2, 0.25) is 0 Å². The summed E-state index contributed by atoms with van der Waals surface area (Å²) >= 11 is 0. The Bertz CT molecular complexity index is 206. The molecule has 1 unspecified atom stereocenters. The highest BCUT2D eigenvalue weighted by atomic mass is 16.5. The van der Waals surface area contributed by atoms with E-state index in [0.717, 1.165) is 26.3 Å². The van der Waals surface area contributed by atoms with Gasteiger partial charge < -0.3 is 20.3 Å². The van der Waals surface area contributed by atoms with Gasteiger partial charge in [0.05, 0.1) is 19.3 Å². The molecule has 5 heteroatoms. The van der Waals surface area contributed by atoms with Crippen LogP contribution in [0.15, 0.2) is 0 Å². The summed E-state index contributed by atoms with van der Waals surface area (Å²) in [4.78, 5) is 2.22. The van der Waals surface area contributed by atoms with E-state index in [1.807, 2.05) is 13.8 Å². The first-order valence-electron chi connectivity index (χ1n) is 6.37. The molecule has 1 fully saturated rings. The molecule has 0 aliphatic carbocycles. The van der Waals surface area contributed by atoms with Crippen molar-refractivity contribution < 1.29 is 14.9 Å². The molecule has 0 amide bonds.